The van der Waals surface area contributed by atoms with Crippen molar-refractivity contribution in [2.45, 2.75) is 59.2 Å². The molecule has 0 saturated carbocycles. The molecular formula is C26H37N3O5S. The van der Waals surface area contributed by atoms with Gasteiger partial charge in [0.05, 0.1) is 19.1 Å². The molecule has 0 fully saturated rings. The Labute approximate surface area is 209 Å². The Morgan fingerprint density at radius 3 is 2.34 bits per heavy atom. The third kappa shape index (κ3) is 8.28. The van der Waals surface area contributed by atoms with Crippen LogP contribution >= 0.6 is 0 Å². The summed E-state index contributed by atoms with van der Waals surface area (Å²) in [5.41, 5.74) is 2.27. The third-order valence-electron chi connectivity index (χ3n) is 5.62. The zero-order valence-electron chi connectivity index (χ0n) is 21.4. The SMILES string of the molecule is COc1cccc(CN(C(=O)CCCN(c2ccccc2C)S(C)(=O)=O)[C@@H](C)C(=O)NC(C)C)c1. The number of nitrogens with zero attached hydrogens (tertiary/aromatic N) is 2. The molecular weight excluding hydrogens is 466 g/mol. The fourth-order valence-corrected chi connectivity index (χ4v) is 4.80. The largest absolute Gasteiger partial charge is 0.497 e. The first-order chi connectivity index (χ1) is 16.4. The predicted molar refractivity (Wildman–Crippen MR) is 139 cm³/mol. The van der Waals surface area contributed by atoms with E-state index >= 15 is 0 Å². The van der Waals surface area contributed by atoms with Crippen LogP contribution < -0.4 is 14.4 Å². The van der Waals surface area contributed by atoms with Gasteiger partial charge in [-0.25, -0.2) is 8.42 Å². The summed E-state index contributed by atoms with van der Waals surface area (Å²) >= 11 is 0. The summed E-state index contributed by atoms with van der Waals surface area (Å²) in [5, 5.41) is 2.86. The monoisotopic (exact) mass is 503 g/mol. The average molecular weight is 504 g/mol. The van der Waals surface area contributed by atoms with Crippen LogP contribution in [0.25, 0.3) is 0 Å². The van der Waals surface area contributed by atoms with E-state index in [2.05, 4.69) is 5.32 Å². The fraction of sp³-hybridized carbons (Fsp3) is 0.462. The Bertz CT molecular complexity index is 1120. The van der Waals surface area contributed by atoms with Gasteiger partial charge in [0.15, 0.2) is 0 Å². The van der Waals surface area contributed by atoms with Gasteiger partial charge in [-0.05, 0) is 63.4 Å². The number of methoxy groups -OCH3 is 1. The second-order valence-corrected chi connectivity index (χ2v) is 10.8. The number of amides is 2. The van der Waals surface area contributed by atoms with E-state index in [1.807, 2.05) is 57.2 Å². The zero-order chi connectivity index (χ0) is 26.2. The van der Waals surface area contributed by atoms with Gasteiger partial charge >= 0.3 is 0 Å². The maximum absolute atomic E-state index is 13.3. The van der Waals surface area contributed by atoms with E-state index in [-0.39, 0.29) is 37.4 Å². The molecule has 0 spiro atoms. The van der Waals surface area contributed by atoms with E-state index in [4.69, 9.17) is 4.74 Å². The molecule has 0 unspecified atom stereocenters. The van der Waals surface area contributed by atoms with Crippen LogP contribution in [0.2, 0.25) is 0 Å². The molecule has 1 N–H and O–H groups in total. The molecule has 2 aromatic rings. The summed E-state index contributed by atoms with van der Waals surface area (Å²) in [6.07, 6.45) is 1.57. The molecule has 2 aromatic carbocycles. The van der Waals surface area contributed by atoms with Gasteiger partial charge in [0.2, 0.25) is 21.8 Å². The minimum Gasteiger partial charge on any atom is -0.497 e. The lowest BCUT2D eigenvalue weighted by Gasteiger charge is -2.30. The van der Waals surface area contributed by atoms with Gasteiger partial charge in [0.1, 0.15) is 11.8 Å². The van der Waals surface area contributed by atoms with Crippen LogP contribution in [0.4, 0.5) is 5.69 Å². The lowest BCUT2D eigenvalue weighted by Crippen LogP contribution is -2.49. The van der Waals surface area contributed by atoms with Gasteiger partial charge in [-0.2, -0.15) is 0 Å². The summed E-state index contributed by atoms with van der Waals surface area (Å²) in [6, 6.07) is 13.8. The van der Waals surface area contributed by atoms with Crippen LogP contribution in [0.3, 0.4) is 0 Å². The van der Waals surface area contributed by atoms with Crippen molar-refractivity contribution >= 4 is 27.5 Å². The first-order valence-corrected chi connectivity index (χ1v) is 13.5. The first kappa shape index (κ1) is 28.2. The van der Waals surface area contributed by atoms with E-state index in [9.17, 15) is 18.0 Å². The van der Waals surface area contributed by atoms with Crippen molar-refractivity contribution < 1.29 is 22.7 Å². The summed E-state index contributed by atoms with van der Waals surface area (Å²) in [5.74, 6) is 0.197. The Morgan fingerprint density at radius 1 is 1.06 bits per heavy atom. The van der Waals surface area contributed by atoms with Crippen LogP contribution in [0.15, 0.2) is 48.5 Å². The number of carbonyl (C=O) groups excluding carboxylic acids is 2. The highest BCUT2D eigenvalue weighted by Gasteiger charge is 2.27. The lowest BCUT2D eigenvalue weighted by atomic mass is 10.1. The number of benzene rings is 2. The average Bonchev–Trinajstić information content (AvgIpc) is 2.79. The van der Waals surface area contributed by atoms with Gasteiger partial charge in [-0.3, -0.25) is 13.9 Å². The Hall–Kier alpha value is -3.07. The standard InChI is InChI=1S/C26H37N3O5S/c1-19(2)27-26(31)21(4)28(18-22-12-9-13-23(17-22)34-5)25(30)15-10-16-29(35(6,32)33)24-14-8-7-11-20(24)3/h7-9,11-14,17,19,21H,10,15-16,18H2,1-6H3,(H,27,31)/t21-/m0/s1. The predicted octanol–water partition coefficient (Wildman–Crippen LogP) is 3.49. The van der Waals surface area contributed by atoms with E-state index < -0.39 is 16.1 Å². The molecule has 8 nitrogen and oxygen atoms in total. The number of ether oxygens (including phenoxy) is 1. The van der Waals surface area contributed by atoms with Gasteiger partial charge < -0.3 is 15.0 Å². The molecule has 2 amide bonds. The van der Waals surface area contributed by atoms with E-state index in [1.54, 1.807) is 26.2 Å². The molecule has 0 bridgehead atoms. The van der Waals surface area contributed by atoms with Crippen molar-refractivity contribution in [1.29, 1.82) is 0 Å². The number of carbonyl (C=O) groups is 2. The van der Waals surface area contributed by atoms with Gasteiger partial charge in [-0.1, -0.05) is 30.3 Å². The van der Waals surface area contributed by atoms with Crippen molar-refractivity contribution in [2.75, 3.05) is 24.2 Å². The van der Waals surface area contributed by atoms with Crippen LogP contribution in [-0.2, 0) is 26.2 Å². The van der Waals surface area contributed by atoms with Crippen LogP contribution in [0.5, 0.6) is 5.75 Å². The second kappa shape index (κ2) is 12.6. The quantitative estimate of drug-likeness (QED) is 0.478. The molecule has 2 rings (SSSR count). The Morgan fingerprint density at radius 2 is 1.74 bits per heavy atom. The fourth-order valence-electron chi connectivity index (χ4n) is 3.78. The molecule has 35 heavy (non-hydrogen) atoms. The molecule has 192 valence electrons. The molecule has 0 aromatic heterocycles. The van der Waals surface area contributed by atoms with Gasteiger partial charge in [0.25, 0.3) is 0 Å². The topological polar surface area (TPSA) is 96.0 Å². The molecule has 0 saturated heterocycles. The second-order valence-electron chi connectivity index (χ2n) is 8.94. The maximum Gasteiger partial charge on any atom is 0.242 e. The Balaban J connectivity index is 2.20. The summed E-state index contributed by atoms with van der Waals surface area (Å²) in [6.45, 7) is 7.68. The molecule has 9 heteroatoms. The first-order valence-electron chi connectivity index (χ1n) is 11.7. The van der Waals surface area contributed by atoms with Crippen molar-refractivity contribution in [2.24, 2.45) is 0 Å². The van der Waals surface area contributed by atoms with Gasteiger partial charge in [-0.15, -0.1) is 0 Å². The minimum atomic E-state index is -3.53. The van der Waals surface area contributed by atoms with Gasteiger partial charge in [0, 0.05) is 25.6 Å². The highest BCUT2D eigenvalue weighted by atomic mass is 32.2. The number of hydrogen-bond donors (Lipinski definition) is 1. The van der Waals surface area contributed by atoms with Crippen LogP contribution in [0, 0.1) is 6.92 Å². The number of anilines is 1. The normalized spacial score (nSPS) is 12.2. The highest BCUT2D eigenvalue weighted by molar-refractivity contribution is 7.92. The highest BCUT2D eigenvalue weighted by Crippen LogP contribution is 2.23. The summed E-state index contributed by atoms with van der Waals surface area (Å²) in [4.78, 5) is 27.6. The molecule has 1 atom stereocenters. The minimum absolute atomic E-state index is 0.0591. The Kier molecular flexibility index (Phi) is 10.1. The van der Waals surface area contributed by atoms with E-state index in [0.29, 0.717) is 17.9 Å². The van der Waals surface area contributed by atoms with Crippen LogP contribution in [-0.4, -0.2) is 57.1 Å². The molecule has 0 aliphatic rings. The number of sulfonamides is 1. The van der Waals surface area contributed by atoms with Crippen LogP contribution in [0.1, 0.15) is 44.7 Å². The molecule has 0 radical (unpaired) electrons. The maximum atomic E-state index is 13.3. The number of aryl methyl sites for hydroxylation is 1. The lowest BCUT2D eigenvalue weighted by molar-refractivity contribution is -0.140. The molecule has 0 aliphatic heterocycles. The van der Waals surface area contributed by atoms with Crippen molar-refractivity contribution in [1.82, 2.24) is 10.2 Å². The number of hydrogen-bond acceptors (Lipinski definition) is 5. The smallest absolute Gasteiger partial charge is 0.242 e. The van der Waals surface area contributed by atoms with E-state index in [1.165, 1.54) is 9.21 Å². The number of para-hydroxylation sites is 1. The summed E-state index contributed by atoms with van der Waals surface area (Å²) < 4.78 is 31.5. The number of nitrogens with one attached hydrogen (secondary N) is 1. The molecule has 0 aliphatic carbocycles. The van der Waals surface area contributed by atoms with Crippen molar-refractivity contribution in [3.8, 4) is 5.75 Å². The summed E-state index contributed by atoms with van der Waals surface area (Å²) in [7, 11) is -1.96. The zero-order valence-corrected chi connectivity index (χ0v) is 22.3. The van der Waals surface area contributed by atoms with E-state index in [0.717, 1.165) is 17.4 Å². The third-order valence-corrected chi connectivity index (χ3v) is 6.80. The molecule has 0 heterocycles. The number of rotatable bonds is 12. The van der Waals surface area contributed by atoms with Crippen molar-refractivity contribution in [3.63, 3.8) is 0 Å². The van der Waals surface area contributed by atoms with Crippen molar-refractivity contribution in [3.05, 3.63) is 59.7 Å².